The summed E-state index contributed by atoms with van der Waals surface area (Å²) in [5.74, 6) is -0.580. The van der Waals surface area contributed by atoms with Gasteiger partial charge in [0.05, 0.1) is 10.5 Å². The summed E-state index contributed by atoms with van der Waals surface area (Å²) in [4.78, 5) is 36.5. The molecular formula is C19H18N4O4S. The van der Waals surface area contributed by atoms with E-state index in [1.165, 1.54) is 22.2 Å². The SMILES string of the molecule is Cc1ccc(C(=O)c2c(NC(=O)Cn3cc([N+](=O)[O-])cn3)sc(C)c2C)cc1. The quantitative estimate of drug-likeness (QED) is 0.387. The highest BCUT2D eigenvalue weighted by atomic mass is 32.1. The Hall–Kier alpha value is -3.33. The van der Waals surface area contributed by atoms with E-state index in [9.17, 15) is 19.7 Å². The molecule has 0 spiro atoms. The van der Waals surface area contributed by atoms with Gasteiger partial charge in [-0.2, -0.15) is 5.10 Å². The minimum atomic E-state index is -0.578. The highest BCUT2D eigenvalue weighted by Crippen LogP contribution is 2.34. The van der Waals surface area contributed by atoms with E-state index in [2.05, 4.69) is 10.4 Å². The fourth-order valence-corrected chi connectivity index (χ4v) is 3.76. The van der Waals surface area contributed by atoms with Crippen LogP contribution in [0.4, 0.5) is 10.7 Å². The molecule has 2 heterocycles. The number of carbonyl (C=O) groups excluding carboxylic acids is 2. The second-order valence-electron chi connectivity index (χ2n) is 6.38. The molecule has 0 fully saturated rings. The van der Waals surface area contributed by atoms with Gasteiger partial charge >= 0.3 is 5.69 Å². The Bertz CT molecular complexity index is 1070. The third-order valence-corrected chi connectivity index (χ3v) is 5.44. The van der Waals surface area contributed by atoms with Crippen LogP contribution >= 0.6 is 11.3 Å². The maximum atomic E-state index is 13.0. The van der Waals surface area contributed by atoms with E-state index in [4.69, 9.17) is 0 Å². The van der Waals surface area contributed by atoms with Crippen molar-refractivity contribution in [3.05, 3.63) is 73.9 Å². The van der Waals surface area contributed by atoms with E-state index in [0.717, 1.165) is 22.2 Å². The van der Waals surface area contributed by atoms with Crippen LogP contribution in [0.25, 0.3) is 0 Å². The van der Waals surface area contributed by atoms with Crippen molar-refractivity contribution in [2.45, 2.75) is 27.3 Å². The average Bonchev–Trinajstić information content (AvgIpc) is 3.20. The highest BCUT2D eigenvalue weighted by Gasteiger charge is 2.22. The van der Waals surface area contributed by atoms with Gasteiger partial charge in [-0.1, -0.05) is 29.8 Å². The maximum absolute atomic E-state index is 13.0. The standard InChI is InChI=1S/C19H18N4O4S/c1-11-4-6-14(7-5-11)18(25)17-12(2)13(3)28-19(17)21-16(24)10-22-9-15(8-20-22)23(26)27/h4-9H,10H2,1-3H3,(H,21,24). The van der Waals surface area contributed by atoms with Crippen LogP contribution in [0.15, 0.2) is 36.7 Å². The Labute approximate surface area is 165 Å². The number of nitrogens with zero attached hydrogens (tertiary/aromatic N) is 3. The van der Waals surface area contributed by atoms with Crippen LogP contribution in [-0.4, -0.2) is 26.4 Å². The lowest BCUT2D eigenvalue weighted by Gasteiger charge is -2.08. The summed E-state index contributed by atoms with van der Waals surface area (Å²) in [6, 6.07) is 7.26. The third kappa shape index (κ3) is 3.99. The molecule has 8 nitrogen and oxygen atoms in total. The first-order valence-electron chi connectivity index (χ1n) is 8.44. The van der Waals surface area contributed by atoms with Crippen molar-refractivity contribution in [3.8, 4) is 0 Å². The molecule has 0 aliphatic rings. The van der Waals surface area contributed by atoms with Crippen LogP contribution < -0.4 is 5.32 Å². The van der Waals surface area contributed by atoms with Crippen LogP contribution in [-0.2, 0) is 11.3 Å². The minimum absolute atomic E-state index is 0.160. The number of nitro groups is 1. The van der Waals surface area contributed by atoms with Gasteiger partial charge in [-0.25, -0.2) is 0 Å². The van der Waals surface area contributed by atoms with Crippen molar-refractivity contribution in [3.63, 3.8) is 0 Å². The molecule has 9 heteroatoms. The summed E-state index contributed by atoms with van der Waals surface area (Å²) < 4.78 is 1.18. The van der Waals surface area contributed by atoms with Crippen molar-refractivity contribution in [2.24, 2.45) is 0 Å². The Kier molecular flexibility index (Phi) is 5.36. The normalized spacial score (nSPS) is 10.7. The number of anilines is 1. The van der Waals surface area contributed by atoms with Crippen molar-refractivity contribution in [1.29, 1.82) is 0 Å². The van der Waals surface area contributed by atoms with Gasteiger partial charge in [-0.3, -0.25) is 24.4 Å². The second kappa shape index (κ2) is 7.73. The van der Waals surface area contributed by atoms with Crippen molar-refractivity contribution < 1.29 is 14.5 Å². The Morgan fingerprint density at radius 1 is 1.21 bits per heavy atom. The topological polar surface area (TPSA) is 107 Å². The summed E-state index contributed by atoms with van der Waals surface area (Å²) in [5.41, 5.74) is 2.69. The monoisotopic (exact) mass is 398 g/mol. The molecule has 0 saturated carbocycles. The molecule has 0 saturated heterocycles. The lowest BCUT2D eigenvalue weighted by Crippen LogP contribution is -2.20. The van der Waals surface area contributed by atoms with E-state index >= 15 is 0 Å². The molecule has 0 atom stereocenters. The lowest BCUT2D eigenvalue weighted by molar-refractivity contribution is -0.385. The molecule has 0 radical (unpaired) electrons. The zero-order valence-electron chi connectivity index (χ0n) is 15.6. The van der Waals surface area contributed by atoms with E-state index in [-0.39, 0.29) is 18.0 Å². The molecule has 28 heavy (non-hydrogen) atoms. The van der Waals surface area contributed by atoms with Crippen molar-refractivity contribution >= 4 is 33.7 Å². The number of hydrogen-bond donors (Lipinski definition) is 1. The molecule has 144 valence electrons. The summed E-state index contributed by atoms with van der Waals surface area (Å²) in [5, 5.41) is 17.7. The number of benzene rings is 1. The molecule has 0 aliphatic heterocycles. The fraction of sp³-hybridized carbons (Fsp3) is 0.211. The predicted octanol–water partition coefficient (Wildman–Crippen LogP) is 3.65. The van der Waals surface area contributed by atoms with Crippen molar-refractivity contribution in [1.82, 2.24) is 9.78 Å². The smallest absolute Gasteiger partial charge is 0.307 e. The van der Waals surface area contributed by atoms with Crippen LogP contribution in [0.2, 0.25) is 0 Å². The molecule has 1 N–H and O–H groups in total. The van der Waals surface area contributed by atoms with Crippen LogP contribution in [0, 0.1) is 30.9 Å². The van der Waals surface area contributed by atoms with Gasteiger partial charge in [-0.15, -0.1) is 11.3 Å². The van der Waals surface area contributed by atoms with Gasteiger partial charge in [0.15, 0.2) is 5.78 Å². The van der Waals surface area contributed by atoms with Crippen LogP contribution in [0.5, 0.6) is 0 Å². The summed E-state index contributed by atoms with van der Waals surface area (Å²) in [6.07, 6.45) is 2.27. The predicted molar refractivity (Wildman–Crippen MR) is 106 cm³/mol. The van der Waals surface area contributed by atoms with E-state index in [1.807, 2.05) is 32.9 Å². The highest BCUT2D eigenvalue weighted by molar-refractivity contribution is 7.16. The number of nitrogens with one attached hydrogen (secondary N) is 1. The summed E-state index contributed by atoms with van der Waals surface area (Å²) in [6.45, 7) is 5.49. The molecule has 3 rings (SSSR count). The molecule has 0 unspecified atom stereocenters. The number of hydrogen-bond acceptors (Lipinski definition) is 6. The first-order valence-corrected chi connectivity index (χ1v) is 9.26. The maximum Gasteiger partial charge on any atom is 0.307 e. The zero-order chi connectivity index (χ0) is 20.4. The average molecular weight is 398 g/mol. The molecule has 1 aromatic carbocycles. The lowest BCUT2D eigenvalue weighted by atomic mass is 10.0. The number of ketones is 1. The summed E-state index contributed by atoms with van der Waals surface area (Å²) >= 11 is 1.33. The Morgan fingerprint density at radius 2 is 1.89 bits per heavy atom. The molecule has 3 aromatic rings. The van der Waals surface area contributed by atoms with Gasteiger partial charge in [-0.05, 0) is 26.3 Å². The van der Waals surface area contributed by atoms with E-state index < -0.39 is 10.8 Å². The van der Waals surface area contributed by atoms with Gasteiger partial charge in [0.25, 0.3) is 0 Å². The van der Waals surface area contributed by atoms with E-state index in [1.54, 1.807) is 12.1 Å². The van der Waals surface area contributed by atoms with E-state index in [0.29, 0.717) is 16.1 Å². The van der Waals surface area contributed by atoms with Crippen LogP contribution in [0.3, 0.4) is 0 Å². The van der Waals surface area contributed by atoms with Crippen LogP contribution in [0.1, 0.15) is 31.9 Å². The number of amides is 1. The molecular weight excluding hydrogens is 380 g/mol. The zero-order valence-corrected chi connectivity index (χ0v) is 16.4. The molecule has 0 bridgehead atoms. The van der Waals surface area contributed by atoms with Gasteiger partial charge < -0.3 is 5.32 Å². The first kappa shape index (κ1) is 19.4. The summed E-state index contributed by atoms with van der Waals surface area (Å²) in [7, 11) is 0. The fourth-order valence-electron chi connectivity index (χ4n) is 2.68. The number of aryl methyl sites for hydroxylation is 2. The molecule has 0 aliphatic carbocycles. The molecule has 1 amide bonds. The Balaban J connectivity index is 1.83. The second-order valence-corrected chi connectivity index (χ2v) is 7.61. The minimum Gasteiger partial charge on any atom is -0.315 e. The Morgan fingerprint density at radius 3 is 2.50 bits per heavy atom. The number of thiophene rings is 1. The molecule has 2 aromatic heterocycles. The first-order chi connectivity index (χ1) is 13.3. The number of carbonyl (C=O) groups is 2. The van der Waals surface area contributed by atoms with Gasteiger partial charge in [0.1, 0.15) is 23.9 Å². The van der Waals surface area contributed by atoms with Gasteiger partial charge in [0, 0.05) is 10.4 Å². The third-order valence-electron chi connectivity index (χ3n) is 4.32. The largest absolute Gasteiger partial charge is 0.315 e. The number of rotatable bonds is 6. The van der Waals surface area contributed by atoms with Gasteiger partial charge in [0.2, 0.25) is 5.91 Å². The van der Waals surface area contributed by atoms with Crippen molar-refractivity contribution in [2.75, 3.05) is 5.32 Å². The number of aromatic nitrogens is 2.